The highest BCUT2D eigenvalue weighted by Crippen LogP contribution is 2.40. The number of esters is 1. The first-order valence-corrected chi connectivity index (χ1v) is 11.6. The van der Waals surface area contributed by atoms with Crippen LogP contribution < -0.4 is 9.47 Å². The Morgan fingerprint density at radius 3 is 2.91 bits per heavy atom. The van der Waals surface area contributed by atoms with Gasteiger partial charge in [0.2, 0.25) is 11.1 Å². The molecule has 0 spiro atoms. The number of aromatic nitrogens is 2. The number of hydrogen-bond acceptors (Lipinski definition) is 8. The van der Waals surface area contributed by atoms with Crippen molar-refractivity contribution in [2.75, 3.05) is 13.7 Å². The Bertz CT molecular complexity index is 1210. The fourth-order valence-corrected chi connectivity index (χ4v) is 4.90. The van der Waals surface area contributed by atoms with Crippen LogP contribution in [0.4, 0.5) is 9.39 Å². The van der Waals surface area contributed by atoms with E-state index in [-0.39, 0.29) is 22.9 Å². The maximum atomic E-state index is 14.0. The van der Waals surface area contributed by atoms with Crippen LogP contribution in [0, 0.1) is 5.82 Å². The minimum Gasteiger partial charge on any atom is -0.493 e. The van der Waals surface area contributed by atoms with Gasteiger partial charge in [-0.05, 0) is 73.5 Å². The van der Waals surface area contributed by atoms with Gasteiger partial charge in [0.15, 0.2) is 11.5 Å². The summed E-state index contributed by atoms with van der Waals surface area (Å²) in [5.41, 5.74) is 2.26. The molecule has 33 heavy (non-hydrogen) atoms. The van der Waals surface area contributed by atoms with Crippen LogP contribution in [-0.2, 0) is 17.6 Å². The first kappa shape index (κ1) is 23.1. The molecule has 0 bridgehead atoms. The molecule has 1 aromatic carbocycles. The number of aryl methyl sites for hydroxylation is 1. The molecule has 10 heteroatoms. The summed E-state index contributed by atoms with van der Waals surface area (Å²) in [6.45, 7) is 2.08. The molecule has 0 fully saturated rings. The molecule has 0 N–H and O–H groups in total. The van der Waals surface area contributed by atoms with Gasteiger partial charge in [-0.2, -0.15) is 9.37 Å². The van der Waals surface area contributed by atoms with Gasteiger partial charge < -0.3 is 14.2 Å². The predicted molar refractivity (Wildman–Crippen MR) is 124 cm³/mol. The van der Waals surface area contributed by atoms with E-state index in [1.54, 1.807) is 31.3 Å². The Balaban J connectivity index is 1.66. The molecule has 7 nitrogen and oxygen atoms in total. The second kappa shape index (κ2) is 10.3. The third-order valence-corrected chi connectivity index (χ3v) is 6.42. The van der Waals surface area contributed by atoms with Crippen LogP contribution in [0.5, 0.6) is 17.4 Å². The topological polar surface area (TPSA) is 82.9 Å². The van der Waals surface area contributed by atoms with Crippen molar-refractivity contribution < 1.29 is 23.4 Å². The lowest BCUT2D eigenvalue weighted by Crippen LogP contribution is -2.09. The molecule has 4 rings (SSSR count). The van der Waals surface area contributed by atoms with Gasteiger partial charge >= 0.3 is 5.97 Å². The highest BCUT2D eigenvalue weighted by Gasteiger charge is 2.26. The highest BCUT2D eigenvalue weighted by molar-refractivity contribution is 7.16. The lowest BCUT2D eigenvalue weighted by Gasteiger charge is -2.12. The summed E-state index contributed by atoms with van der Waals surface area (Å²) in [4.78, 5) is 25.8. The number of carbonyl (C=O) groups is 1. The van der Waals surface area contributed by atoms with Crippen molar-refractivity contribution in [1.29, 1.82) is 0 Å². The second-order valence-corrected chi connectivity index (χ2v) is 8.60. The van der Waals surface area contributed by atoms with Gasteiger partial charge in [-0.15, -0.1) is 11.3 Å². The Morgan fingerprint density at radius 2 is 2.12 bits per heavy atom. The molecule has 0 unspecified atom stereocenters. The Morgan fingerprint density at radius 1 is 1.30 bits per heavy atom. The predicted octanol–water partition coefficient (Wildman–Crippen LogP) is 5.94. The van der Waals surface area contributed by atoms with Crippen molar-refractivity contribution >= 4 is 40.1 Å². The summed E-state index contributed by atoms with van der Waals surface area (Å²) < 4.78 is 30.2. The number of fused-ring (bicyclic) bond motifs is 1. The van der Waals surface area contributed by atoms with Gasteiger partial charge in [0.05, 0.1) is 25.5 Å². The quantitative estimate of drug-likeness (QED) is 0.232. The van der Waals surface area contributed by atoms with Gasteiger partial charge in [-0.25, -0.2) is 14.8 Å². The maximum Gasteiger partial charge on any atom is 0.341 e. The molecule has 2 aromatic heterocycles. The summed E-state index contributed by atoms with van der Waals surface area (Å²) in [7, 11) is 1.47. The van der Waals surface area contributed by atoms with E-state index < -0.39 is 5.82 Å². The number of aliphatic imine (C=N–C) groups is 1. The van der Waals surface area contributed by atoms with Crippen LogP contribution in [0.25, 0.3) is 0 Å². The number of rotatable bonds is 7. The third-order valence-electron chi connectivity index (χ3n) is 5.04. The summed E-state index contributed by atoms with van der Waals surface area (Å²) in [5.74, 6) is -0.827. The number of benzene rings is 1. The fraction of sp³-hybridized carbons (Fsp3) is 0.304. The SMILES string of the molecule is CCOC(=O)c1c(N=Cc2ccc(OC)c(Oc3nc(Cl)ncc3F)c2)sc2c1CCCC2. The van der Waals surface area contributed by atoms with E-state index >= 15 is 0 Å². The molecule has 0 saturated heterocycles. The summed E-state index contributed by atoms with van der Waals surface area (Å²) in [6.07, 6.45) is 6.48. The first-order chi connectivity index (χ1) is 16.0. The van der Waals surface area contributed by atoms with Crippen LogP contribution in [0.3, 0.4) is 0 Å². The largest absolute Gasteiger partial charge is 0.493 e. The highest BCUT2D eigenvalue weighted by atomic mass is 35.5. The van der Waals surface area contributed by atoms with Crippen molar-refractivity contribution in [3.8, 4) is 17.4 Å². The van der Waals surface area contributed by atoms with Crippen molar-refractivity contribution in [3.63, 3.8) is 0 Å². The molecule has 0 saturated carbocycles. The molecule has 1 aliphatic carbocycles. The molecule has 0 amide bonds. The normalized spacial score (nSPS) is 13.1. The summed E-state index contributed by atoms with van der Waals surface area (Å²) in [5, 5.41) is 0.475. The van der Waals surface area contributed by atoms with Crippen LogP contribution >= 0.6 is 22.9 Å². The van der Waals surface area contributed by atoms with E-state index in [2.05, 4.69) is 15.0 Å². The van der Waals surface area contributed by atoms with Crippen molar-refractivity contribution in [2.45, 2.75) is 32.6 Å². The van der Waals surface area contributed by atoms with Crippen LogP contribution in [0.1, 0.15) is 46.1 Å². The molecule has 0 aliphatic heterocycles. The lowest BCUT2D eigenvalue weighted by molar-refractivity contribution is 0.0526. The van der Waals surface area contributed by atoms with Crippen molar-refractivity contribution in [2.24, 2.45) is 4.99 Å². The third kappa shape index (κ3) is 5.15. The lowest BCUT2D eigenvalue weighted by atomic mass is 9.95. The number of halogens is 2. The summed E-state index contributed by atoms with van der Waals surface area (Å²) in [6, 6.07) is 5.08. The number of nitrogens with zero attached hydrogens (tertiary/aromatic N) is 3. The molecule has 2 heterocycles. The Labute approximate surface area is 199 Å². The number of ether oxygens (including phenoxy) is 3. The molecular formula is C23H21ClFN3O4S. The van der Waals surface area contributed by atoms with E-state index in [9.17, 15) is 9.18 Å². The second-order valence-electron chi connectivity index (χ2n) is 7.17. The monoisotopic (exact) mass is 489 g/mol. The molecular weight excluding hydrogens is 469 g/mol. The molecule has 0 radical (unpaired) electrons. The summed E-state index contributed by atoms with van der Waals surface area (Å²) >= 11 is 7.27. The van der Waals surface area contributed by atoms with Gasteiger partial charge in [-0.1, -0.05) is 0 Å². The van der Waals surface area contributed by atoms with Crippen molar-refractivity contribution in [1.82, 2.24) is 9.97 Å². The van der Waals surface area contributed by atoms with E-state index in [1.165, 1.54) is 23.3 Å². The van der Waals surface area contributed by atoms with Crippen molar-refractivity contribution in [3.05, 3.63) is 57.1 Å². The van der Waals surface area contributed by atoms with Gasteiger partial charge in [0, 0.05) is 11.1 Å². The standard InChI is InChI=1S/C23H21ClFN3O4S/c1-3-31-22(29)19-14-6-4-5-7-18(14)33-21(19)26-11-13-8-9-16(30-2)17(10-13)32-20-15(25)12-27-23(24)28-20/h8-12H,3-7H2,1-2H3. The zero-order chi connectivity index (χ0) is 23.4. The van der Waals surface area contributed by atoms with Gasteiger partial charge in [0.1, 0.15) is 5.00 Å². The fourth-order valence-electron chi connectivity index (χ4n) is 3.55. The number of methoxy groups -OCH3 is 1. The maximum absolute atomic E-state index is 14.0. The Kier molecular flexibility index (Phi) is 7.20. The molecule has 1 aliphatic rings. The minimum absolute atomic E-state index is 0.142. The zero-order valence-electron chi connectivity index (χ0n) is 18.1. The van der Waals surface area contributed by atoms with E-state index in [0.717, 1.165) is 37.4 Å². The number of carbonyl (C=O) groups excluding carboxylic acids is 1. The van der Waals surface area contributed by atoms with E-state index in [1.807, 2.05) is 0 Å². The molecule has 172 valence electrons. The molecule has 3 aromatic rings. The molecule has 0 atom stereocenters. The van der Waals surface area contributed by atoms with Gasteiger partial charge in [0.25, 0.3) is 5.88 Å². The van der Waals surface area contributed by atoms with Gasteiger partial charge in [-0.3, -0.25) is 0 Å². The first-order valence-electron chi connectivity index (χ1n) is 10.4. The smallest absolute Gasteiger partial charge is 0.341 e. The average molecular weight is 490 g/mol. The van der Waals surface area contributed by atoms with E-state index in [4.69, 9.17) is 25.8 Å². The number of thiophene rings is 1. The minimum atomic E-state index is -0.760. The van der Waals surface area contributed by atoms with Crippen LogP contribution in [0.15, 0.2) is 29.4 Å². The zero-order valence-corrected chi connectivity index (χ0v) is 19.6. The Hall–Kier alpha value is -3.04. The van der Waals surface area contributed by atoms with Crippen LogP contribution in [0.2, 0.25) is 5.28 Å². The van der Waals surface area contributed by atoms with Crippen LogP contribution in [-0.4, -0.2) is 35.9 Å². The van der Waals surface area contributed by atoms with E-state index in [0.29, 0.717) is 28.5 Å². The average Bonchev–Trinajstić information content (AvgIpc) is 3.19. The number of hydrogen-bond donors (Lipinski definition) is 0.